The molecule has 0 saturated carbocycles. The molecule has 1 aromatic rings. The number of hydrogen-bond acceptors (Lipinski definition) is 5. The van der Waals surface area contributed by atoms with Gasteiger partial charge < -0.3 is 20.5 Å². The molecule has 24 heavy (non-hydrogen) atoms. The Bertz CT molecular complexity index is 588. The van der Waals surface area contributed by atoms with E-state index in [2.05, 4.69) is 9.88 Å². The molecule has 1 aromatic heterocycles. The van der Waals surface area contributed by atoms with Crippen molar-refractivity contribution in [1.82, 2.24) is 4.98 Å². The maximum Gasteiger partial charge on any atom is 0.331 e. The van der Waals surface area contributed by atoms with Crippen LogP contribution in [0.1, 0.15) is 19.8 Å². The van der Waals surface area contributed by atoms with Gasteiger partial charge >= 0.3 is 5.97 Å². The van der Waals surface area contributed by atoms with Crippen LogP contribution in [0, 0.1) is 5.92 Å². The van der Waals surface area contributed by atoms with Gasteiger partial charge in [-0.3, -0.25) is 0 Å². The second kappa shape index (κ2) is 9.08. The molecule has 1 aliphatic heterocycles. The molecular weight excluding hydrogens is 306 g/mol. The molecular formula is C18H25N3O3. The summed E-state index contributed by atoms with van der Waals surface area (Å²) in [5.74, 6) is 0.634. The first-order valence-electron chi connectivity index (χ1n) is 8.17. The first-order chi connectivity index (χ1) is 11.6. The Kier molecular flexibility index (Phi) is 6.81. The Morgan fingerprint density at radius 2 is 2.21 bits per heavy atom. The van der Waals surface area contributed by atoms with Gasteiger partial charge in [0.1, 0.15) is 5.82 Å². The number of carbonyl (C=O) groups is 1. The van der Waals surface area contributed by atoms with E-state index in [1.54, 1.807) is 25.3 Å². The Balaban J connectivity index is 1.65. The lowest BCUT2D eigenvalue weighted by Crippen LogP contribution is -2.35. The molecule has 0 unspecified atom stereocenters. The number of hydrogen-bond donors (Lipinski definition) is 2. The first kappa shape index (κ1) is 18.0. The summed E-state index contributed by atoms with van der Waals surface area (Å²) in [4.78, 5) is 17.3. The fourth-order valence-corrected chi connectivity index (χ4v) is 2.56. The number of carboxylic acid groups (broad SMARTS) is 1. The van der Waals surface area contributed by atoms with Crippen molar-refractivity contribution >= 4 is 17.5 Å². The predicted octanol–water partition coefficient (Wildman–Crippen LogP) is 2.48. The lowest BCUT2D eigenvalue weighted by atomic mass is 9.98. The van der Waals surface area contributed by atoms with Gasteiger partial charge in [0.2, 0.25) is 0 Å². The largest absolute Gasteiger partial charge is 0.478 e. The van der Waals surface area contributed by atoms with Gasteiger partial charge in [0.15, 0.2) is 0 Å². The van der Waals surface area contributed by atoms with E-state index in [0.29, 0.717) is 23.8 Å². The SMILES string of the molecule is CC(=CC=CCOCC1CCN(c2ccc(N)cn2)CC1)C(=O)O. The van der Waals surface area contributed by atoms with E-state index in [9.17, 15) is 4.79 Å². The van der Waals surface area contributed by atoms with E-state index < -0.39 is 5.97 Å². The number of carboxylic acids is 1. The van der Waals surface area contributed by atoms with E-state index in [0.717, 1.165) is 38.4 Å². The quantitative estimate of drug-likeness (QED) is 0.453. The average Bonchev–Trinajstić information content (AvgIpc) is 2.59. The molecule has 1 aliphatic rings. The van der Waals surface area contributed by atoms with Crippen LogP contribution in [0.5, 0.6) is 0 Å². The van der Waals surface area contributed by atoms with Crippen molar-refractivity contribution in [2.75, 3.05) is 36.9 Å². The van der Waals surface area contributed by atoms with Crippen molar-refractivity contribution in [2.45, 2.75) is 19.8 Å². The number of pyridine rings is 1. The molecule has 0 bridgehead atoms. The van der Waals surface area contributed by atoms with Crippen molar-refractivity contribution in [3.8, 4) is 0 Å². The summed E-state index contributed by atoms with van der Waals surface area (Å²) in [7, 11) is 0. The summed E-state index contributed by atoms with van der Waals surface area (Å²) in [6, 6.07) is 3.84. The summed E-state index contributed by atoms with van der Waals surface area (Å²) in [5, 5.41) is 8.72. The highest BCUT2D eigenvalue weighted by Crippen LogP contribution is 2.22. The normalized spacial score (nSPS) is 16.7. The highest BCUT2D eigenvalue weighted by atomic mass is 16.5. The Morgan fingerprint density at radius 3 is 2.83 bits per heavy atom. The Labute approximate surface area is 142 Å². The van der Waals surface area contributed by atoms with Crippen molar-refractivity contribution in [2.24, 2.45) is 5.92 Å². The van der Waals surface area contributed by atoms with Gasteiger partial charge in [-0.15, -0.1) is 0 Å². The monoisotopic (exact) mass is 331 g/mol. The fourth-order valence-electron chi connectivity index (χ4n) is 2.56. The second-order valence-electron chi connectivity index (χ2n) is 6.00. The molecule has 0 amide bonds. The van der Waals surface area contributed by atoms with Gasteiger partial charge in [0, 0.05) is 25.3 Å². The molecule has 1 fully saturated rings. The van der Waals surface area contributed by atoms with Gasteiger partial charge in [-0.2, -0.15) is 0 Å². The number of rotatable bonds is 7. The minimum atomic E-state index is -0.900. The predicted molar refractivity (Wildman–Crippen MR) is 94.9 cm³/mol. The number of aliphatic carboxylic acids is 1. The van der Waals surface area contributed by atoms with Crippen molar-refractivity contribution in [3.63, 3.8) is 0 Å². The van der Waals surface area contributed by atoms with Crippen LogP contribution in [0.4, 0.5) is 11.5 Å². The minimum absolute atomic E-state index is 0.315. The maximum absolute atomic E-state index is 10.6. The molecule has 0 aromatic carbocycles. The fraction of sp³-hybridized carbons (Fsp3) is 0.444. The third kappa shape index (κ3) is 5.70. The van der Waals surface area contributed by atoms with Crippen molar-refractivity contribution < 1.29 is 14.6 Å². The van der Waals surface area contributed by atoms with E-state index in [-0.39, 0.29) is 0 Å². The number of ether oxygens (including phenoxy) is 1. The van der Waals surface area contributed by atoms with Crippen LogP contribution in [0.3, 0.4) is 0 Å². The smallest absolute Gasteiger partial charge is 0.331 e. The summed E-state index contributed by atoms with van der Waals surface area (Å²) < 4.78 is 5.66. The van der Waals surface area contributed by atoms with Crippen molar-refractivity contribution in [3.05, 3.63) is 42.1 Å². The van der Waals surface area contributed by atoms with Gasteiger partial charge in [0.25, 0.3) is 0 Å². The number of nitrogens with two attached hydrogens (primary N) is 1. The molecule has 0 radical (unpaired) electrons. The van der Waals surface area contributed by atoms with Gasteiger partial charge in [-0.05, 0) is 37.8 Å². The topological polar surface area (TPSA) is 88.7 Å². The highest BCUT2D eigenvalue weighted by Gasteiger charge is 2.20. The number of anilines is 2. The highest BCUT2D eigenvalue weighted by molar-refractivity contribution is 5.86. The first-order valence-corrected chi connectivity index (χ1v) is 8.17. The lowest BCUT2D eigenvalue weighted by molar-refractivity contribution is -0.132. The van der Waals surface area contributed by atoms with Crippen LogP contribution in [0.25, 0.3) is 0 Å². The van der Waals surface area contributed by atoms with E-state index >= 15 is 0 Å². The standard InChI is InChI=1S/C18H25N3O3/c1-14(18(22)23)4-2-3-11-24-13-15-7-9-21(10-8-15)17-6-5-16(19)12-20-17/h2-6,12,15H,7-11,13,19H2,1H3,(H,22,23). The average molecular weight is 331 g/mol. The van der Waals surface area contributed by atoms with Crippen LogP contribution < -0.4 is 10.6 Å². The van der Waals surface area contributed by atoms with E-state index in [4.69, 9.17) is 15.6 Å². The number of aromatic nitrogens is 1. The van der Waals surface area contributed by atoms with E-state index in [1.807, 2.05) is 18.2 Å². The summed E-state index contributed by atoms with van der Waals surface area (Å²) in [5.41, 5.74) is 6.66. The maximum atomic E-state index is 10.6. The minimum Gasteiger partial charge on any atom is -0.478 e. The van der Waals surface area contributed by atoms with Crippen LogP contribution in [-0.4, -0.2) is 42.4 Å². The number of piperidine rings is 1. The summed E-state index contributed by atoms with van der Waals surface area (Å²) >= 11 is 0. The van der Waals surface area contributed by atoms with Gasteiger partial charge in [-0.25, -0.2) is 9.78 Å². The van der Waals surface area contributed by atoms with Gasteiger partial charge in [0.05, 0.1) is 18.5 Å². The molecule has 2 heterocycles. The lowest BCUT2D eigenvalue weighted by Gasteiger charge is -2.32. The second-order valence-corrected chi connectivity index (χ2v) is 6.00. The molecule has 0 aliphatic carbocycles. The Morgan fingerprint density at radius 1 is 1.46 bits per heavy atom. The van der Waals surface area contributed by atoms with Crippen LogP contribution >= 0.6 is 0 Å². The zero-order valence-corrected chi connectivity index (χ0v) is 14.0. The number of nitrogen functional groups attached to an aromatic ring is 1. The van der Waals surface area contributed by atoms with Crippen LogP contribution in [-0.2, 0) is 9.53 Å². The molecule has 6 nitrogen and oxygen atoms in total. The molecule has 0 atom stereocenters. The molecule has 1 saturated heterocycles. The number of allylic oxidation sites excluding steroid dienone is 2. The zero-order chi connectivity index (χ0) is 17.4. The van der Waals surface area contributed by atoms with Gasteiger partial charge in [-0.1, -0.05) is 18.2 Å². The molecule has 0 spiro atoms. The summed E-state index contributed by atoms with van der Waals surface area (Å²) in [6.45, 7) is 4.75. The zero-order valence-electron chi connectivity index (χ0n) is 14.0. The van der Waals surface area contributed by atoms with Crippen molar-refractivity contribution in [1.29, 1.82) is 0 Å². The molecule has 3 N–H and O–H groups in total. The molecule has 130 valence electrons. The Hall–Kier alpha value is -2.34. The summed E-state index contributed by atoms with van der Waals surface area (Å²) in [6.07, 6.45) is 8.97. The third-order valence-electron chi connectivity index (χ3n) is 4.10. The molecule has 6 heteroatoms. The number of nitrogens with zero attached hydrogens (tertiary/aromatic N) is 2. The third-order valence-corrected chi connectivity index (χ3v) is 4.10. The molecule has 2 rings (SSSR count). The van der Waals surface area contributed by atoms with Crippen LogP contribution in [0.15, 0.2) is 42.1 Å². The van der Waals surface area contributed by atoms with E-state index in [1.165, 1.54) is 0 Å². The van der Waals surface area contributed by atoms with Crippen LogP contribution in [0.2, 0.25) is 0 Å².